The molecule has 4 heteroatoms. The third-order valence-corrected chi connectivity index (χ3v) is 3.70. The van der Waals surface area contributed by atoms with Crippen molar-refractivity contribution in [3.8, 4) is 0 Å². The van der Waals surface area contributed by atoms with E-state index in [4.69, 9.17) is 5.11 Å². The molecule has 1 heterocycles. The Bertz CT molecular complexity index is 240. The fourth-order valence-corrected chi connectivity index (χ4v) is 2.25. The molecule has 1 rings (SSSR count). The van der Waals surface area contributed by atoms with Gasteiger partial charge in [-0.1, -0.05) is 13.8 Å². The monoisotopic (exact) mass is 242 g/mol. The SMILES string of the molecule is CC(CNC(C)C(C)C(=O)O)CN1CCCC1. The Morgan fingerprint density at radius 1 is 1.29 bits per heavy atom. The van der Waals surface area contributed by atoms with E-state index < -0.39 is 5.97 Å². The summed E-state index contributed by atoms with van der Waals surface area (Å²) >= 11 is 0. The van der Waals surface area contributed by atoms with Gasteiger partial charge in [0.1, 0.15) is 0 Å². The number of hydrogen-bond donors (Lipinski definition) is 2. The molecular formula is C13H26N2O2. The second-order valence-electron chi connectivity index (χ2n) is 5.44. The van der Waals surface area contributed by atoms with Crippen LogP contribution in [0.5, 0.6) is 0 Å². The lowest BCUT2D eigenvalue weighted by Crippen LogP contribution is -2.40. The van der Waals surface area contributed by atoms with Crippen molar-refractivity contribution in [3.05, 3.63) is 0 Å². The fourth-order valence-electron chi connectivity index (χ4n) is 2.25. The highest BCUT2D eigenvalue weighted by Gasteiger charge is 2.20. The van der Waals surface area contributed by atoms with E-state index in [1.807, 2.05) is 6.92 Å². The summed E-state index contributed by atoms with van der Waals surface area (Å²) < 4.78 is 0. The van der Waals surface area contributed by atoms with Crippen LogP contribution in [-0.4, -0.2) is 48.2 Å². The zero-order valence-corrected chi connectivity index (χ0v) is 11.3. The van der Waals surface area contributed by atoms with Crippen LogP contribution in [0.3, 0.4) is 0 Å². The van der Waals surface area contributed by atoms with Crippen LogP contribution in [0, 0.1) is 11.8 Å². The maximum atomic E-state index is 10.8. The highest BCUT2D eigenvalue weighted by atomic mass is 16.4. The van der Waals surface area contributed by atoms with Crippen LogP contribution in [-0.2, 0) is 4.79 Å². The molecule has 100 valence electrons. The molecule has 3 atom stereocenters. The van der Waals surface area contributed by atoms with E-state index in [1.54, 1.807) is 6.92 Å². The Kier molecular flexibility index (Phi) is 5.92. The zero-order chi connectivity index (χ0) is 12.8. The van der Waals surface area contributed by atoms with E-state index in [0.717, 1.165) is 13.1 Å². The van der Waals surface area contributed by atoms with Gasteiger partial charge in [-0.3, -0.25) is 4.79 Å². The van der Waals surface area contributed by atoms with Crippen molar-refractivity contribution < 1.29 is 9.90 Å². The Morgan fingerprint density at radius 2 is 1.88 bits per heavy atom. The molecule has 17 heavy (non-hydrogen) atoms. The maximum Gasteiger partial charge on any atom is 0.307 e. The van der Waals surface area contributed by atoms with Crippen LogP contribution in [0.15, 0.2) is 0 Å². The molecule has 0 aliphatic carbocycles. The molecule has 2 N–H and O–H groups in total. The molecule has 1 aliphatic rings. The molecule has 1 aliphatic heterocycles. The average Bonchev–Trinajstić information content (AvgIpc) is 2.77. The second-order valence-corrected chi connectivity index (χ2v) is 5.44. The summed E-state index contributed by atoms with van der Waals surface area (Å²) in [5.74, 6) is -0.470. The summed E-state index contributed by atoms with van der Waals surface area (Å²) in [5.41, 5.74) is 0. The van der Waals surface area contributed by atoms with Gasteiger partial charge in [-0.2, -0.15) is 0 Å². The minimum absolute atomic E-state index is 0.0357. The molecule has 0 aromatic heterocycles. The summed E-state index contributed by atoms with van der Waals surface area (Å²) in [6.07, 6.45) is 2.65. The van der Waals surface area contributed by atoms with Crippen molar-refractivity contribution in [2.75, 3.05) is 26.2 Å². The first-order valence-corrected chi connectivity index (χ1v) is 6.69. The number of carboxylic acids is 1. The van der Waals surface area contributed by atoms with Crippen LogP contribution in [0.4, 0.5) is 0 Å². The summed E-state index contributed by atoms with van der Waals surface area (Å²) in [5, 5.41) is 12.2. The molecular weight excluding hydrogens is 216 g/mol. The van der Waals surface area contributed by atoms with Gasteiger partial charge in [0.2, 0.25) is 0 Å². The standard InChI is InChI=1S/C13H26N2O2/c1-10(9-15-6-4-5-7-15)8-14-12(3)11(2)13(16)17/h10-12,14H,4-9H2,1-3H3,(H,16,17). The Balaban J connectivity index is 2.18. The lowest BCUT2D eigenvalue weighted by molar-refractivity contribution is -0.141. The molecule has 0 amide bonds. The topological polar surface area (TPSA) is 52.6 Å². The van der Waals surface area contributed by atoms with Crippen molar-refractivity contribution in [2.45, 2.75) is 39.7 Å². The molecule has 1 saturated heterocycles. The van der Waals surface area contributed by atoms with Crippen LogP contribution >= 0.6 is 0 Å². The molecule has 1 fully saturated rings. The number of rotatable bonds is 7. The van der Waals surface area contributed by atoms with Crippen molar-refractivity contribution in [1.29, 1.82) is 0 Å². The number of hydrogen-bond acceptors (Lipinski definition) is 3. The van der Waals surface area contributed by atoms with E-state index in [1.165, 1.54) is 25.9 Å². The summed E-state index contributed by atoms with van der Waals surface area (Å²) in [4.78, 5) is 13.3. The first-order valence-electron chi connectivity index (χ1n) is 6.69. The number of nitrogens with zero attached hydrogens (tertiary/aromatic N) is 1. The molecule has 0 radical (unpaired) electrons. The van der Waals surface area contributed by atoms with Crippen molar-refractivity contribution >= 4 is 5.97 Å². The van der Waals surface area contributed by atoms with Crippen LogP contribution in [0.2, 0.25) is 0 Å². The van der Waals surface area contributed by atoms with Gasteiger partial charge in [0.25, 0.3) is 0 Å². The van der Waals surface area contributed by atoms with Crippen molar-refractivity contribution in [2.24, 2.45) is 11.8 Å². The minimum atomic E-state index is -0.725. The zero-order valence-electron chi connectivity index (χ0n) is 11.3. The highest BCUT2D eigenvalue weighted by molar-refractivity contribution is 5.70. The highest BCUT2D eigenvalue weighted by Crippen LogP contribution is 2.10. The molecule has 0 aromatic rings. The van der Waals surface area contributed by atoms with Gasteiger partial charge in [0, 0.05) is 12.6 Å². The van der Waals surface area contributed by atoms with Crippen molar-refractivity contribution in [3.63, 3.8) is 0 Å². The second kappa shape index (κ2) is 6.97. The molecule has 0 bridgehead atoms. The van der Waals surface area contributed by atoms with Crippen molar-refractivity contribution in [1.82, 2.24) is 10.2 Å². The smallest absolute Gasteiger partial charge is 0.307 e. The van der Waals surface area contributed by atoms with Gasteiger partial charge < -0.3 is 15.3 Å². The Hall–Kier alpha value is -0.610. The van der Waals surface area contributed by atoms with Gasteiger partial charge in [0.05, 0.1) is 5.92 Å². The Labute approximate surface area is 104 Å². The molecule has 4 nitrogen and oxygen atoms in total. The lowest BCUT2D eigenvalue weighted by Gasteiger charge is -2.23. The van der Waals surface area contributed by atoms with Gasteiger partial charge >= 0.3 is 5.97 Å². The maximum absolute atomic E-state index is 10.8. The predicted molar refractivity (Wildman–Crippen MR) is 69.1 cm³/mol. The lowest BCUT2D eigenvalue weighted by atomic mass is 10.0. The van der Waals surface area contributed by atoms with E-state index >= 15 is 0 Å². The van der Waals surface area contributed by atoms with E-state index in [2.05, 4.69) is 17.1 Å². The minimum Gasteiger partial charge on any atom is -0.481 e. The van der Waals surface area contributed by atoms with E-state index in [0.29, 0.717) is 5.92 Å². The molecule has 0 spiro atoms. The number of nitrogens with one attached hydrogen (secondary N) is 1. The summed E-state index contributed by atoms with van der Waals surface area (Å²) in [6, 6.07) is 0.0357. The Morgan fingerprint density at radius 3 is 2.41 bits per heavy atom. The summed E-state index contributed by atoms with van der Waals surface area (Å²) in [7, 11) is 0. The largest absolute Gasteiger partial charge is 0.481 e. The van der Waals surface area contributed by atoms with Crippen LogP contribution in [0.1, 0.15) is 33.6 Å². The molecule has 0 aromatic carbocycles. The number of carbonyl (C=O) groups is 1. The number of likely N-dealkylation sites (tertiary alicyclic amines) is 1. The number of carboxylic acid groups (broad SMARTS) is 1. The molecule has 3 unspecified atom stereocenters. The molecule has 0 saturated carbocycles. The van der Waals surface area contributed by atoms with Gasteiger partial charge in [-0.05, 0) is 45.3 Å². The first-order chi connectivity index (χ1) is 8.00. The van der Waals surface area contributed by atoms with Gasteiger partial charge in [-0.25, -0.2) is 0 Å². The quantitative estimate of drug-likeness (QED) is 0.709. The number of aliphatic carboxylic acids is 1. The van der Waals surface area contributed by atoms with Crippen LogP contribution < -0.4 is 5.32 Å². The normalized spacial score (nSPS) is 22.3. The fraction of sp³-hybridized carbons (Fsp3) is 0.923. The third kappa shape index (κ3) is 5.04. The first kappa shape index (κ1) is 14.5. The van der Waals surface area contributed by atoms with Crippen LogP contribution in [0.25, 0.3) is 0 Å². The average molecular weight is 242 g/mol. The third-order valence-electron chi connectivity index (χ3n) is 3.70. The van der Waals surface area contributed by atoms with E-state index in [-0.39, 0.29) is 12.0 Å². The summed E-state index contributed by atoms with van der Waals surface area (Å²) in [6.45, 7) is 10.4. The van der Waals surface area contributed by atoms with Gasteiger partial charge in [-0.15, -0.1) is 0 Å². The predicted octanol–water partition coefficient (Wildman–Crippen LogP) is 1.42. The van der Waals surface area contributed by atoms with E-state index in [9.17, 15) is 4.79 Å². The van der Waals surface area contributed by atoms with Gasteiger partial charge in [0.15, 0.2) is 0 Å².